The zero-order valence-corrected chi connectivity index (χ0v) is 13.7. The van der Waals surface area contributed by atoms with Gasteiger partial charge in [0.05, 0.1) is 12.2 Å². The summed E-state index contributed by atoms with van der Waals surface area (Å²) in [5.74, 6) is 0.921. The van der Waals surface area contributed by atoms with Crippen molar-refractivity contribution in [3.63, 3.8) is 0 Å². The molecule has 19 heavy (non-hydrogen) atoms. The first-order valence-electron chi connectivity index (χ1n) is 6.18. The highest BCUT2D eigenvalue weighted by atomic mass is 79.9. The molecule has 0 aliphatic carbocycles. The van der Waals surface area contributed by atoms with E-state index in [1.54, 1.807) is 12.1 Å². The summed E-state index contributed by atoms with van der Waals surface area (Å²) in [6.07, 6.45) is 3.36. The van der Waals surface area contributed by atoms with Crippen LogP contribution in [0.2, 0.25) is 0 Å². The second-order valence-electron chi connectivity index (χ2n) is 4.24. The van der Waals surface area contributed by atoms with Crippen molar-refractivity contribution in [2.24, 2.45) is 0 Å². The normalized spacial score (nSPS) is 13.2. The van der Waals surface area contributed by atoms with Crippen LogP contribution >= 0.6 is 31.9 Å². The summed E-state index contributed by atoms with van der Waals surface area (Å²) in [4.78, 5) is 11.7. The topological polar surface area (TPSA) is 35.5 Å². The molecule has 0 saturated heterocycles. The first-order valence-corrected chi connectivity index (χ1v) is 7.76. The zero-order chi connectivity index (χ0) is 13.8. The van der Waals surface area contributed by atoms with Crippen LogP contribution in [0.4, 0.5) is 0 Å². The zero-order valence-electron chi connectivity index (χ0n) is 10.5. The maximum Gasteiger partial charge on any atom is 0.344 e. The summed E-state index contributed by atoms with van der Waals surface area (Å²) in [5.41, 5.74) is 1.31. The van der Waals surface area contributed by atoms with Crippen LogP contribution in [0, 0.1) is 0 Å². The third kappa shape index (κ3) is 3.39. The molecule has 0 unspecified atom stereocenters. The van der Waals surface area contributed by atoms with Gasteiger partial charge >= 0.3 is 5.97 Å². The molecule has 1 aromatic carbocycles. The van der Waals surface area contributed by atoms with Crippen LogP contribution < -0.4 is 4.74 Å². The number of halogens is 2. The Bertz CT molecular complexity index is 519. The molecule has 0 bridgehead atoms. The van der Waals surface area contributed by atoms with E-state index < -0.39 is 0 Å². The highest BCUT2D eigenvalue weighted by molar-refractivity contribution is 9.28. The Morgan fingerprint density at radius 2 is 2.05 bits per heavy atom. The number of benzene rings is 1. The minimum absolute atomic E-state index is 0.334. The van der Waals surface area contributed by atoms with Crippen molar-refractivity contribution in [1.29, 1.82) is 0 Å². The van der Waals surface area contributed by atoms with Gasteiger partial charge in [-0.25, -0.2) is 4.79 Å². The Morgan fingerprint density at radius 1 is 1.26 bits per heavy atom. The van der Waals surface area contributed by atoms with Crippen LogP contribution in [0.5, 0.6) is 5.75 Å². The van der Waals surface area contributed by atoms with Gasteiger partial charge in [0.1, 0.15) is 9.14 Å². The van der Waals surface area contributed by atoms with Crippen molar-refractivity contribution in [2.75, 3.05) is 6.61 Å². The third-order valence-electron chi connectivity index (χ3n) is 2.84. The molecule has 3 nitrogen and oxygen atoms in total. The van der Waals surface area contributed by atoms with E-state index in [1.807, 2.05) is 6.07 Å². The number of hydrogen-bond acceptors (Lipinski definition) is 3. The Morgan fingerprint density at radius 3 is 2.74 bits per heavy atom. The maximum absolute atomic E-state index is 11.7. The molecular weight excluding hydrogens is 376 g/mol. The molecule has 102 valence electrons. The van der Waals surface area contributed by atoms with E-state index >= 15 is 0 Å². The third-order valence-corrected chi connectivity index (χ3v) is 3.56. The second-order valence-corrected chi connectivity index (χ2v) is 6.89. The number of ether oxygens (including phenoxy) is 2. The van der Waals surface area contributed by atoms with E-state index in [1.165, 1.54) is 6.42 Å². The van der Waals surface area contributed by atoms with Gasteiger partial charge < -0.3 is 9.47 Å². The van der Waals surface area contributed by atoms with Crippen LogP contribution in [0.1, 0.15) is 42.1 Å². The lowest BCUT2D eigenvalue weighted by Gasteiger charge is -2.06. The molecule has 0 N–H and O–H groups in total. The predicted octanol–water partition coefficient (Wildman–Crippen LogP) is 4.84. The van der Waals surface area contributed by atoms with Crippen LogP contribution in [-0.4, -0.2) is 12.6 Å². The van der Waals surface area contributed by atoms with Crippen LogP contribution in [0.25, 0.3) is 5.76 Å². The standard InChI is InChI=1S/C14H14Br2O3/c1-2-3-4-7-18-9-5-6-10-11(8-9)12(13(15)16)19-14(10)17/h5-6,8H,2-4,7H2,1H3. The summed E-state index contributed by atoms with van der Waals surface area (Å²) in [5, 5.41) is 0. The number of carbonyl (C=O) groups is 1. The van der Waals surface area contributed by atoms with Crippen molar-refractivity contribution < 1.29 is 14.3 Å². The van der Waals surface area contributed by atoms with E-state index in [4.69, 9.17) is 9.47 Å². The van der Waals surface area contributed by atoms with Crippen LogP contribution in [0.3, 0.4) is 0 Å². The van der Waals surface area contributed by atoms with Crippen molar-refractivity contribution in [1.82, 2.24) is 0 Å². The van der Waals surface area contributed by atoms with E-state index in [0.717, 1.165) is 24.2 Å². The Balaban J connectivity index is 2.17. The monoisotopic (exact) mass is 388 g/mol. The van der Waals surface area contributed by atoms with Gasteiger partial charge in [0, 0.05) is 5.56 Å². The number of fused-ring (bicyclic) bond motifs is 1. The second kappa shape index (κ2) is 6.57. The van der Waals surface area contributed by atoms with E-state index in [2.05, 4.69) is 38.8 Å². The quantitative estimate of drug-likeness (QED) is 0.533. The lowest BCUT2D eigenvalue weighted by atomic mass is 10.1. The molecule has 1 aliphatic heterocycles. The van der Waals surface area contributed by atoms with E-state index in [-0.39, 0.29) is 5.97 Å². The number of hydrogen-bond donors (Lipinski definition) is 0. The number of rotatable bonds is 5. The fraction of sp³-hybridized carbons (Fsp3) is 0.357. The highest BCUT2D eigenvalue weighted by Gasteiger charge is 2.28. The van der Waals surface area contributed by atoms with Gasteiger partial charge in [-0.1, -0.05) is 19.8 Å². The molecule has 0 spiro atoms. The first-order chi connectivity index (χ1) is 9.13. The van der Waals surface area contributed by atoms with Crippen LogP contribution in [-0.2, 0) is 4.74 Å². The predicted molar refractivity (Wildman–Crippen MR) is 81.7 cm³/mol. The van der Waals surface area contributed by atoms with Crippen molar-refractivity contribution in [3.8, 4) is 5.75 Å². The Hall–Kier alpha value is -0.810. The van der Waals surface area contributed by atoms with Gasteiger partial charge in [-0.3, -0.25) is 0 Å². The summed E-state index contributed by atoms with van der Waals surface area (Å²) < 4.78 is 11.5. The van der Waals surface area contributed by atoms with E-state index in [0.29, 0.717) is 21.3 Å². The van der Waals surface area contributed by atoms with Gasteiger partial charge in [-0.15, -0.1) is 0 Å². The van der Waals surface area contributed by atoms with Crippen molar-refractivity contribution >= 4 is 43.6 Å². The molecule has 1 aromatic rings. The van der Waals surface area contributed by atoms with Gasteiger partial charge in [0.2, 0.25) is 0 Å². The average Bonchev–Trinajstić information content (AvgIpc) is 2.72. The lowest BCUT2D eigenvalue weighted by molar-refractivity contribution is 0.0716. The molecule has 0 fully saturated rings. The SMILES string of the molecule is CCCCCOc1ccc2c(c1)C(=C(Br)Br)OC2=O. The molecule has 2 rings (SSSR count). The fourth-order valence-corrected chi connectivity index (χ4v) is 2.45. The average molecular weight is 390 g/mol. The molecule has 0 saturated carbocycles. The molecule has 1 aliphatic rings. The van der Waals surface area contributed by atoms with Gasteiger partial charge in [-0.05, 0) is 56.5 Å². The fourth-order valence-electron chi connectivity index (χ4n) is 1.86. The minimum Gasteiger partial charge on any atom is -0.494 e. The van der Waals surface area contributed by atoms with Crippen molar-refractivity contribution in [3.05, 3.63) is 32.7 Å². The lowest BCUT2D eigenvalue weighted by Crippen LogP contribution is -1.98. The maximum atomic E-state index is 11.7. The number of carbonyl (C=O) groups excluding carboxylic acids is 1. The molecule has 5 heteroatoms. The Kier molecular flexibility index (Phi) is 5.05. The van der Waals surface area contributed by atoms with Crippen LogP contribution in [0.15, 0.2) is 21.6 Å². The van der Waals surface area contributed by atoms with E-state index in [9.17, 15) is 4.79 Å². The summed E-state index contributed by atoms with van der Waals surface area (Å²) >= 11 is 6.55. The molecule has 1 heterocycles. The molecule has 0 amide bonds. The molecule has 0 atom stereocenters. The first kappa shape index (κ1) is 14.6. The smallest absolute Gasteiger partial charge is 0.344 e. The Labute approximate surface area is 129 Å². The highest BCUT2D eigenvalue weighted by Crippen LogP contribution is 2.38. The van der Waals surface area contributed by atoms with Gasteiger partial charge in [-0.2, -0.15) is 0 Å². The molecule has 0 radical (unpaired) electrons. The number of cyclic esters (lactones) is 1. The molecule has 0 aromatic heterocycles. The van der Waals surface area contributed by atoms with Gasteiger partial charge in [0.15, 0.2) is 5.76 Å². The summed E-state index contributed by atoms with van der Waals surface area (Å²) in [6.45, 7) is 2.85. The van der Waals surface area contributed by atoms with Crippen molar-refractivity contribution in [2.45, 2.75) is 26.2 Å². The number of esters is 1. The molecular formula is C14H14Br2O3. The summed E-state index contributed by atoms with van der Waals surface area (Å²) in [6, 6.07) is 5.38. The minimum atomic E-state index is -0.334. The van der Waals surface area contributed by atoms with Gasteiger partial charge in [0.25, 0.3) is 0 Å². The largest absolute Gasteiger partial charge is 0.494 e. The summed E-state index contributed by atoms with van der Waals surface area (Å²) in [7, 11) is 0. The number of unbranched alkanes of at least 4 members (excludes halogenated alkanes) is 2.